The van der Waals surface area contributed by atoms with E-state index in [0.29, 0.717) is 6.04 Å². The zero-order chi connectivity index (χ0) is 8.60. The largest absolute Gasteiger partial charge is 0.352 e. The highest BCUT2D eigenvalue weighted by molar-refractivity contribution is 5.89. The Hall–Kier alpha value is -0.570. The molecule has 3 N–H and O–H groups in total. The van der Waals surface area contributed by atoms with E-state index in [0.717, 1.165) is 25.7 Å². The number of carbonyl (C=O) groups is 1. The predicted octanol–water partition coefficient (Wildman–Crippen LogP) is 0.536. The summed E-state index contributed by atoms with van der Waals surface area (Å²) in [5.41, 5.74) is 5.27. The number of carbonyl (C=O) groups excluding carboxylic acids is 1. The van der Waals surface area contributed by atoms with Gasteiger partial charge in [0.15, 0.2) is 0 Å². The third kappa shape index (κ3) is 1.46. The van der Waals surface area contributed by atoms with Crippen LogP contribution in [0.5, 0.6) is 0 Å². The Bertz CT molecular complexity index is 193. The van der Waals surface area contributed by atoms with Gasteiger partial charge >= 0.3 is 0 Å². The first-order chi connectivity index (χ1) is 5.71. The highest BCUT2D eigenvalue weighted by Gasteiger charge is 2.46. The Balaban J connectivity index is 1.82. The standard InChI is InChI=1S/C9H16N2O/c10-9(5-6-9)8(12)11-7-3-1-2-4-7/h7H,1-6,10H2,(H,11,12). The molecule has 3 heteroatoms. The summed E-state index contributed by atoms with van der Waals surface area (Å²) in [7, 11) is 0. The predicted molar refractivity (Wildman–Crippen MR) is 46.6 cm³/mol. The number of rotatable bonds is 2. The molecule has 1 amide bonds. The van der Waals surface area contributed by atoms with E-state index in [9.17, 15) is 4.79 Å². The molecule has 2 fully saturated rings. The van der Waals surface area contributed by atoms with Crippen LogP contribution in [-0.4, -0.2) is 17.5 Å². The molecule has 12 heavy (non-hydrogen) atoms. The molecule has 3 nitrogen and oxygen atoms in total. The maximum Gasteiger partial charge on any atom is 0.240 e. The fraction of sp³-hybridized carbons (Fsp3) is 0.889. The summed E-state index contributed by atoms with van der Waals surface area (Å²) in [5.74, 6) is 0.0781. The summed E-state index contributed by atoms with van der Waals surface area (Å²) in [6.07, 6.45) is 6.52. The van der Waals surface area contributed by atoms with E-state index in [1.165, 1.54) is 12.8 Å². The van der Waals surface area contributed by atoms with Crippen LogP contribution >= 0.6 is 0 Å². The van der Waals surface area contributed by atoms with Gasteiger partial charge in [-0.1, -0.05) is 12.8 Å². The lowest BCUT2D eigenvalue weighted by Crippen LogP contribution is -2.46. The number of nitrogens with one attached hydrogen (secondary N) is 1. The van der Waals surface area contributed by atoms with Crippen molar-refractivity contribution in [1.82, 2.24) is 5.32 Å². The van der Waals surface area contributed by atoms with Crippen LogP contribution in [0.4, 0.5) is 0 Å². The molecule has 0 saturated heterocycles. The first-order valence-electron chi connectivity index (χ1n) is 4.81. The Morgan fingerprint density at radius 2 is 1.92 bits per heavy atom. The monoisotopic (exact) mass is 168 g/mol. The van der Waals surface area contributed by atoms with Crippen LogP contribution in [0.2, 0.25) is 0 Å². The first-order valence-corrected chi connectivity index (χ1v) is 4.81. The van der Waals surface area contributed by atoms with E-state index >= 15 is 0 Å². The summed E-state index contributed by atoms with van der Waals surface area (Å²) < 4.78 is 0. The van der Waals surface area contributed by atoms with E-state index in [1.54, 1.807) is 0 Å². The first kappa shape index (κ1) is 8.05. The van der Waals surface area contributed by atoms with Gasteiger partial charge in [0, 0.05) is 6.04 Å². The Morgan fingerprint density at radius 1 is 1.33 bits per heavy atom. The lowest BCUT2D eigenvalue weighted by atomic mass is 10.2. The summed E-state index contributed by atoms with van der Waals surface area (Å²) in [5, 5.41) is 3.02. The maximum atomic E-state index is 11.4. The van der Waals surface area contributed by atoms with E-state index in [-0.39, 0.29) is 5.91 Å². The van der Waals surface area contributed by atoms with E-state index in [2.05, 4.69) is 5.32 Å². The van der Waals surface area contributed by atoms with Crippen LogP contribution in [0, 0.1) is 0 Å². The second-order valence-corrected chi connectivity index (χ2v) is 4.11. The van der Waals surface area contributed by atoms with Crippen molar-refractivity contribution in [3.63, 3.8) is 0 Å². The summed E-state index contributed by atoms with van der Waals surface area (Å²) in [4.78, 5) is 11.4. The van der Waals surface area contributed by atoms with Crippen molar-refractivity contribution >= 4 is 5.91 Å². The Kier molecular flexibility index (Phi) is 1.83. The highest BCUT2D eigenvalue weighted by Crippen LogP contribution is 2.32. The van der Waals surface area contributed by atoms with Crippen LogP contribution in [-0.2, 0) is 4.79 Å². The Morgan fingerprint density at radius 3 is 2.42 bits per heavy atom. The summed E-state index contributed by atoms with van der Waals surface area (Å²) in [6.45, 7) is 0. The minimum Gasteiger partial charge on any atom is -0.352 e. The molecule has 0 aromatic rings. The van der Waals surface area contributed by atoms with Crippen molar-refractivity contribution in [3.05, 3.63) is 0 Å². The van der Waals surface area contributed by atoms with Gasteiger partial charge in [-0.3, -0.25) is 4.79 Å². The van der Waals surface area contributed by atoms with Crippen molar-refractivity contribution in [3.8, 4) is 0 Å². The number of hydrogen-bond donors (Lipinski definition) is 2. The third-order valence-corrected chi connectivity index (χ3v) is 2.93. The van der Waals surface area contributed by atoms with Crippen LogP contribution in [0.3, 0.4) is 0 Å². The molecule has 0 bridgehead atoms. The zero-order valence-electron chi connectivity index (χ0n) is 7.31. The molecule has 2 aliphatic carbocycles. The molecule has 2 saturated carbocycles. The molecule has 0 heterocycles. The minimum atomic E-state index is -0.484. The van der Waals surface area contributed by atoms with Crippen molar-refractivity contribution < 1.29 is 4.79 Å². The molecule has 0 aromatic carbocycles. The average molecular weight is 168 g/mol. The third-order valence-electron chi connectivity index (χ3n) is 2.93. The lowest BCUT2D eigenvalue weighted by molar-refractivity contribution is -0.123. The SMILES string of the molecule is NC1(C(=O)NC2CCCC2)CC1. The minimum absolute atomic E-state index is 0.0781. The maximum absolute atomic E-state index is 11.4. The quantitative estimate of drug-likeness (QED) is 0.632. The van der Waals surface area contributed by atoms with Gasteiger partial charge in [-0.2, -0.15) is 0 Å². The second-order valence-electron chi connectivity index (χ2n) is 4.11. The van der Waals surface area contributed by atoms with Crippen LogP contribution in [0.15, 0.2) is 0 Å². The molecule has 0 atom stereocenters. The van der Waals surface area contributed by atoms with Gasteiger partial charge in [-0.25, -0.2) is 0 Å². The average Bonchev–Trinajstić information content (AvgIpc) is 2.63. The van der Waals surface area contributed by atoms with Crippen LogP contribution < -0.4 is 11.1 Å². The van der Waals surface area contributed by atoms with Crippen molar-refractivity contribution in [2.24, 2.45) is 5.73 Å². The van der Waals surface area contributed by atoms with Crippen molar-refractivity contribution in [2.75, 3.05) is 0 Å². The van der Waals surface area contributed by atoms with Crippen molar-refractivity contribution in [1.29, 1.82) is 0 Å². The van der Waals surface area contributed by atoms with E-state index in [1.807, 2.05) is 0 Å². The van der Waals surface area contributed by atoms with Gasteiger partial charge in [0.2, 0.25) is 5.91 Å². The molecule has 2 rings (SSSR count). The van der Waals surface area contributed by atoms with Gasteiger partial charge < -0.3 is 11.1 Å². The summed E-state index contributed by atoms with van der Waals surface area (Å²) in [6, 6.07) is 0.415. The summed E-state index contributed by atoms with van der Waals surface area (Å²) >= 11 is 0. The van der Waals surface area contributed by atoms with E-state index in [4.69, 9.17) is 5.73 Å². The highest BCUT2D eigenvalue weighted by atomic mass is 16.2. The number of nitrogens with two attached hydrogens (primary N) is 1. The van der Waals surface area contributed by atoms with Gasteiger partial charge in [0.05, 0.1) is 5.54 Å². The van der Waals surface area contributed by atoms with Gasteiger partial charge in [0.1, 0.15) is 0 Å². The molecule has 68 valence electrons. The van der Waals surface area contributed by atoms with Gasteiger partial charge in [0.25, 0.3) is 0 Å². The van der Waals surface area contributed by atoms with Crippen LogP contribution in [0.25, 0.3) is 0 Å². The number of amides is 1. The van der Waals surface area contributed by atoms with Gasteiger partial charge in [-0.15, -0.1) is 0 Å². The fourth-order valence-electron chi connectivity index (χ4n) is 1.76. The number of hydrogen-bond acceptors (Lipinski definition) is 2. The molecule has 0 radical (unpaired) electrons. The molecule has 0 aromatic heterocycles. The molecular weight excluding hydrogens is 152 g/mol. The second kappa shape index (κ2) is 2.73. The van der Waals surface area contributed by atoms with Crippen LogP contribution in [0.1, 0.15) is 38.5 Å². The topological polar surface area (TPSA) is 55.1 Å². The molecule has 2 aliphatic rings. The van der Waals surface area contributed by atoms with E-state index < -0.39 is 5.54 Å². The molecular formula is C9H16N2O. The normalized spacial score (nSPS) is 27.1. The Labute approximate surface area is 72.7 Å². The molecule has 0 aliphatic heterocycles. The lowest BCUT2D eigenvalue weighted by Gasteiger charge is -2.15. The van der Waals surface area contributed by atoms with Gasteiger partial charge in [-0.05, 0) is 25.7 Å². The fourth-order valence-corrected chi connectivity index (χ4v) is 1.76. The van der Waals surface area contributed by atoms with Crippen molar-refractivity contribution in [2.45, 2.75) is 50.1 Å². The molecule has 0 unspecified atom stereocenters. The smallest absolute Gasteiger partial charge is 0.240 e. The molecule has 0 spiro atoms. The zero-order valence-corrected chi connectivity index (χ0v) is 7.31.